The first-order valence-electron chi connectivity index (χ1n) is 8.44. The molecule has 2 aromatic carbocycles. The predicted molar refractivity (Wildman–Crippen MR) is 107 cm³/mol. The fourth-order valence-corrected chi connectivity index (χ4v) is 3.57. The molecule has 5 nitrogen and oxygen atoms in total. The SMILES string of the molecule is Cc1cc(/C=N\N2C(=O)c3ccccc3C2=O)c(C)n1-c1ccc(Br)cc1. The molecule has 2 amide bonds. The summed E-state index contributed by atoms with van der Waals surface area (Å²) in [6.45, 7) is 3.99. The highest BCUT2D eigenvalue weighted by molar-refractivity contribution is 9.10. The molecule has 27 heavy (non-hydrogen) atoms. The van der Waals surface area contributed by atoms with Gasteiger partial charge < -0.3 is 4.57 Å². The zero-order chi connectivity index (χ0) is 19.1. The molecule has 1 aliphatic heterocycles. The number of fused-ring (bicyclic) bond motifs is 1. The molecule has 134 valence electrons. The molecular weight excluding hydrogens is 406 g/mol. The van der Waals surface area contributed by atoms with Crippen LogP contribution in [-0.2, 0) is 0 Å². The van der Waals surface area contributed by atoms with E-state index in [2.05, 4.69) is 25.6 Å². The highest BCUT2D eigenvalue weighted by atomic mass is 79.9. The topological polar surface area (TPSA) is 54.7 Å². The van der Waals surface area contributed by atoms with Gasteiger partial charge in [0.15, 0.2) is 0 Å². The molecule has 6 heteroatoms. The molecule has 0 radical (unpaired) electrons. The van der Waals surface area contributed by atoms with Gasteiger partial charge in [0.2, 0.25) is 0 Å². The van der Waals surface area contributed by atoms with Crippen LogP contribution in [0, 0.1) is 13.8 Å². The molecule has 3 aromatic rings. The molecule has 0 N–H and O–H groups in total. The van der Waals surface area contributed by atoms with E-state index in [4.69, 9.17) is 0 Å². The maximum absolute atomic E-state index is 12.4. The van der Waals surface area contributed by atoms with Crippen molar-refractivity contribution in [1.82, 2.24) is 9.58 Å². The summed E-state index contributed by atoms with van der Waals surface area (Å²) in [5.41, 5.74) is 4.69. The summed E-state index contributed by atoms with van der Waals surface area (Å²) in [6, 6.07) is 16.8. The van der Waals surface area contributed by atoms with Crippen molar-refractivity contribution in [3.8, 4) is 5.69 Å². The van der Waals surface area contributed by atoms with Crippen molar-refractivity contribution < 1.29 is 9.59 Å². The van der Waals surface area contributed by atoms with Gasteiger partial charge in [0, 0.05) is 27.1 Å². The Morgan fingerprint density at radius 3 is 2.11 bits per heavy atom. The van der Waals surface area contributed by atoms with Gasteiger partial charge in [-0.3, -0.25) is 9.59 Å². The van der Waals surface area contributed by atoms with Crippen molar-refractivity contribution in [3.63, 3.8) is 0 Å². The first-order valence-corrected chi connectivity index (χ1v) is 9.23. The monoisotopic (exact) mass is 421 g/mol. The number of nitrogens with zero attached hydrogens (tertiary/aromatic N) is 3. The van der Waals surface area contributed by atoms with Crippen LogP contribution in [0.3, 0.4) is 0 Å². The number of aromatic nitrogens is 1. The number of amides is 2. The Hall–Kier alpha value is -2.99. The Labute approximate surface area is 165 Å². The van der Waals surface area contributed by atoms with Gasteiger partial charge in [-0.2, -0.15) is 10.1 Å². The number of halogens is 1. The number of benzene rings is 2. The van der Waals surface area contributed by atoms with Gasteiger partial charge in [-0.15, -0.1) is 0 Å². The Kier molecular flexibility index (Phi) is 4.28. The van der Waals surface area contributed by atoms with E-state index in [0.717, 1.165) is 32.1 Å². The first kappa shape index (κ1) is 17.4. The fourth-order valence-electron chi connectivity index (χ4n) is 3.31. The van der Waals surface area contributed by atoms with Crippen LogP contribution in [0.15, 0.2) is 64.2 Å². The van der Waals surface area contributed by atoms with Crippen LogP contribution in [0.2, 0.25) is 0 Å². The molecule has 0 bridgehead atoms. The number of hydrazone groups is 1. The van der Waals surface area contributed by atoms with E-state index in [1.807, 2.05) is 44.2 Å². The lowest BCUT2D eigenvalue weighted by molar-refractivity contribution is 0.0660. The number of hydrogen-bond acceptors (Lipinski definition) is 3. The summed E-state index contributed by atoms with van der Waals surface area (Å²) in [5.74, 6) is -0.790. The molecule has 0 atom stereocenters. The maximum Gasteiger partial charge on any atom is 0.282 e. The lowest BCUT2D eigenvalue weighted by Crippen LogP contribution is -2.24. The Morgan fingerprint density at radius 1 is 0.926 bits per heavy atom. The minimum Gasteiger partial charge on any atom is -0.318 e. The second kappa shape index (κ2) is 6.63. The van der Waals surface area contributed by atoms with Crippen LogP contribution in [-0.4, -0.2) is 27.6 Å². The standard InChI is InChI=1S/C21H16BrN3O2/c1-13-11-15(14(2)24(13)17-9-7-16(22)8-10-17)12-23-25-20(26)18-5-3-4-6-19(18)21(25)27/h3-12H,1-2H3/b23-12-. The summed E-state index contributed by atoms with van der Waals surface area (Å²) in [6.07, 6.45) is 1.57. The average molecular weight is 422 g/mol. The predicted octanol–water partition coefficient (Wildman–Crippen LogP) is 4.49. The van der Waals surface area contributed by atoms with E-state index in [1.165, 1.54) is 0 Å². The van der Waals surface area contributed by atoms with Crippen LogP contribution < -0.4 is 0 Å². The molecular formula is C21H16BrN3O2. The highest BCUT2D eigenvalue weighted by Gasteiger charge is 2.35. The molecule has 0 saturated heterocycles. The lowest BCUT2D eigenvalue weighted by atomic mass is 10.1. The number of carbonyl (C=O) groups excluding carboxylic acids is 2. The van der Waals surface area contributed by atoms with E-state index in [9.17, 15) is 9.59 Å². The summed E-state index contributed by atoms with van der Waals surface area (Å²) in [5, 5.41) is 5.11. The van der Waals surface area contributed by atoms with E-state index >= 15 is 0 Å². The quantitative estimate of drug-likeness (QED) is 0.462. The largest absolute Gasteiger partial charge is 0.318 e. The molecule has 1 aromatic heterocycles. The summed E-state index contributed by atoms with van der Waals surface area (Å²) in [4.78, 5) is 24.8. The van der Waals surface area contributed by atoms with Gasteiger partial charge in [0.1, 0.15) is 0 Å². The number of imide groups is 1. The molecule has 0 saturated carbocycles. The normalized spacial score (nSPS) is 13.7. The number of rotatable bonds is 3. The van der Waals surface area contributed by atoms with Gasteiger partial charge in [0.05, 0.1) is 17.3 Å². The molecule has 0 aliphatic carbocycles. The van der Waals surface area contributed by atoms with Gasteiger partial charge in [-0.05, 0) is 56.3 Å². The minimum atomic E-state index is -0.395. The Bertz CT molecular complexity index is 1060. The van der Waals surface area contributed by atoms with Crippen molar-refractivity contribution >= 4 is 34.0 Å². The van der Waals surface area contributed by atoms with Crippen LogP contribution in [0.25, 0.3) is 5.69 Å². The molecule has 0 unspecified atom stereocenters. The first-order chi connectivity index (χ1) is 13.0. The third kappa shape index (κ3) is 2.92. The van der Waals surface area contributed by atoms with Crippen molar-refractivity contribution in [2.24, 2.45) is 5.10 Å². The van der Waals surface area contributed by atoms with E-state index < -0.39 is 11.8 Å². The van der Waals surface area contributed by atoms with Gasteiger partial charge >= 0.3 is 0 Å². The zero-order valence-electron chi connectivity index (χ0n) is 14.8. The van der Waals surface area contributed by atoms with Crippen LogP contribution in [0.1, 0.15) is 37.7 Å². The smallest absolute Gasteiger partial charge is 0.282 e. The van der Waals surface area contributed by atoms with Crippen molar-refractivity contribution in [1.29, 1.82) is 0 Å². The van der Waals surface area contributed by atoms with Crippen LogP contribution in [0.4, 0.5) is 0 Å². The summed E-state index contributed by atoms with van der Waals surface area (Å²) in [7, 11) is 0. The minimum absolute atomic E-state index is 0.389. The maximum atomic E-state index is 12.4. The summed E-state index contributed by atoms with van der Waals surface area (Å²) >= 11 is 3.45. The third-order valence-corrected chi connectivity index (χ3v) is 5.17. The molecule has 0 fully saturated rings. The van der Waals surface area contributed by atoms with Crippen molar-refractivity contribution in [3.05, 3.63) is 87.1 Å². The fraction of sp³-hybridized carbons (Fsp3) is 0.0952. The van der Waals surface area contributed by atoms with Gasteiger partial charge in [-0.25, -0.2) is 0 Å². The van der Waals surface area contributed by atoms with E-state index in [0.29, 0.717) is 11.1 Å². The van der Waals surface area contributed by atoms with E-state index in [1.54, 1.807) is 30.5 Å². The van der Waals surface area contributed by atoms with Crippen molar-refractivity contribution in [2.45, 2.75) is 13.8 Å². The van der Waals surface area contributed by atoms with Gasteiger partial charge in [0.25, 0.3) is 11.8 Å². The lowest BCUT2D eigenvalue weighted by Gasteiger charge is -2.10. The number of aryl methyl sites for hydroxylation is 1. The zero-order valence-corrected chi connectivity index (χ0v) is 16.4. The van der Waals surface area contributed by atoms with Crippen LogP contribution in [0.5, 0.6) is 0 Å². The molecule has 4 rings (SSSR count). The van der Waals surface area contributed by atoms with Crippen LogP contribution >= 0.6 is 15.9 Å². The average Bonchev–Trinajstić information content (AvgIpc) is 3.08. The van der Waals surface area contributed by atoms with Crippen molar-refractivity contribution in [2.75, 3.05) is 0 Å². The second-order valence-electron chi connectivity index (χ2n) is 6.35. The highest BCUT2D eigenvalue weighted by Crippen LogP contribution is 2.24. The van der Waals surface area contributed by atoms with E-state index in [-0.39, 0.29) is 0 Å². The Balaban J connectivity index is 1.66. The molecule has 1 aliphatic rings. The Morgan fingerprint density at radius 2 is 1.52 bits per heavy atom. The molecule has 2 heterocycles. The number of carbonyl (C=O) groups is 2. The van der Waals surface area contributed by atoms with Gasteiger partial charge in [-0.1, -0.05) is 28.1 Å². The summed E-state index contributed by atoms with van der Waals surface area (Å²) < 4.78 is 3.12. The second-order valence-corrected chi connectivity index (χ2v) is 7.27. The molecule has 0 spiro atoms. The number of hydrogen-bond donors (Lipinski definition) is 0. The third-order valence-electron chi connectivity index (χ3n) is 4.64.